The Morgan fingerprint density at radius 2 is 2.26 bits per heavy atom. The Labute approximate surface area is 115 Å². The summed E-state index contributed by atoms with van der Waals surface area (Å²) in [4.78, 5) is 4.23. The summed E-state index contributed by atoms with van der Waals surface area (Å²) in [5.74, 6) is 1.68. The molecule has 1 saturated carbocycles. The van der Waals surface area contributed by atoms with E-state index in [0.29, 0.717) is 6.04 Å². The third-order valence-corrected chi connectivity index (χ3v) is 4.01. The topological polar surface area (TPSA) is 34.1 Å². The smallest absolute Gasteiger partial charge is 0.138 e. The van der Waals surface area contributed by atoms with Gasteiger partial charge in [-0.25, -0.2) is 0 Å². The van der Waals surface area contributed by atoms with Crippen molar-refractivity contribution < 1.29 is 4.74 Å². The standard InChI is InChI=1S/C16H22N2O/c1-11(2)19-15-7-12(9-17-10-15)3-6-16-13-4-5-14(8-13)18-16/h3,6-7,9-11,13-14,16,18H,4-5,8H2,1-2H3. The number of rotatable bonds is 4. The van der Waals surface area contributed by atoms with Crippen LogP contribution in [-0.2, 0) is 0 Å². The molecule has 1 aromatic rings. The van der Waals surface area contributed by atoms with E-state index in [1.54, 1.807) is 6.20 Å². The molecule has 1 N–H and O–H groups in total. The minimum Gasteiger partial charge on any atom is -0.489 e. The summed E-state index contributed by atoms with van der Waals surface area (Å²) in [5.41, 5.74) is 1.11. The quantitative estimate of drug-likeness (QED) is 0.901. The van der Waals surface area contributed by atoms with Crippen molar-refractivity contribution in [2.24, 2.45) is 5.92 Å². The van der Waals surface area contributed by atoms with E-state index in [1.807, 2.05) is 20.0 Å². The van der Waals surface area contributed by atoms with Gasteiger partial charge in [-0.2, -0.15) is 0 Å². The lowest BCUT2D eigenvalue weighted by atomic mass is 9.99. The molecular weight excluding hydrogens is 236 g/mol. The lowest BCUT2D eigenvalue weighted by Crippen LogP contribution is -2.33. The molecule has 3 unspecified atom stereocenters. The van der Waals surface area contributed by atoms with Crippen LogP contribution in [0.1, 0.15) is 38.7 Å². The Bertz CT molecular complexity index is 470. The zero-order chi connectivity index (χ0) is 13.2. The minimum atomic E-state index is 0.188. The maximum atomic E-state index is 5.66. The first-order chi connectivity index (χ1) is 9.20. The molecule has 3 atom stereocenters. The predicted octanol–water partition coefficient (Wildman–Crippen LogP) is 3.02. The molecule has 1 aromatic heterocycles. The largest absolute Gasteiger partial charge is 0.489 e. The van der Waals surface area contributed by atoms with E-state index < -0.39 is 0 Å². The van der Waals surface area contributed by atoms with Gasteiger partial charge in [0, 0.05) is 18.3 Å². The molecule has 19 heavy (non-hydrogen) atoms. The van der Waals surface area contributed by atoms with Gasteiger partial charge in [-0.15, -0.1) is 0 Å². The van der Waals surface area contributed by atoms with Crippen LogP contribution in [0.5, 0.6) is 5.75 Å². The van der Waals surface area contributed by atoms with E-state index in [-0.39, 0.29) is 6.10 Å². The maximum Gasteiger partial charge on any atom is 0.138 e. The molecule has 1 saturated heterocycles. The lowest BCUT2D eigenvalue weighted by molar-refractivity contribution is 0.241. The Morgan fingerprint density at radius 1 is 1.37 bits per heavy atom. The van der Waals surface area contributed by atoms with Gasteiger partial charge >= 0.3 is 0 Å². The number of nitrogens with zero attached hydrogens (tertiary/aromatic N) is 1. The van der Waals surface area contributed by atoms with Crippen LogP contribution < -0.4 is 10.1 Å². The van der Waals surface area contributed by atoms with Gasteiger partial charge in [0.1, 0.15) is 5.75 Å². The molecule has 2 bridgehead atoms. The van der Waals surface area contributed by atoms with Crippen molar-refractivity contribution in [2.45, 2.75) is 51.3 Å². The monoisotopic (exact) mass is 258 g/mol. The molecule has 2 heterocycles. The Hall–Kier alpha value is -1.35. The van der Waals surface area contributed by atoms with E-state index in [2.05, 4.69) is 28.5 Å². The van der Waals surface area contributed by atoms with Crippen LogP contribution in [-0.4, -0.2) is 23.2 Å². The van der Waals surface area contributed by atoms with Crippen molar-refractivity contribution in [1.29, 1.82) is 0 Å². The SMILES string of the molecule is CC(C)Oc1cncc(C=CC2NC3CCC2C3)c1. The highest BCUT2D eigenvalue weighted by atomic mass is 16.5. The van der Waals surface area contributed by atoms with Gasteiger partial charge in [0.2, 0.25) is 0 Å². The van der Waals surface area contributed by atoms with Gasteiger partial charge in [-0.05, 0) is 50.7 Å². The number of fused-ring (bicyclic) bond motifs is 2. The molecule has 2 fully saturated rings. The third kappa shape index (κ3) is 2.98. The summed E-state index contributed by atoms with van der Waals surface area (Å²) in [6.45, 7) is 4.06. The normalized spacial score (nSPS) is 29.5. The number of nitrogens with one attached hydrogen (secondary N) is 1. The van der Waals surface area contributed by atoms with Gasteiger partial charge in [0.15, 0.2) is 0 Å². The minimum absolute atomic E-state index is 0.188. The molecule has 3 nitrogen and oxygen atoms in total. The zero-order valence-electron chi connectivity index (χ0n) is 11.7. The first kappa shape index (κ1) is 12.7. The van der Waals surface area contributed by atoms with E-state index in [1.165, 1.54) is 19.3 Å². The average Bonchev–Trinajstić information content (AvgIpc) is 2.98. The fraction of sp³-hybridized carbons (Fsp3) is 0.562. The summed E-state index contributed by atoms with van der Waals surface area (Å²) < 4.78 is 5.66. The van der Waals surface area contributed by atoms with Gasteiger partial charge < -0.3 is 10.1 Å². The molecule has 0 spiro atoms. The third-order valence-electron chi connectivity index (χ3n) is 4.01. The average molecular weight is 258 g/mol. The van der Waals surface area contributed by atoms with Gasteiger partial charge in [0.05, 0.1) is 12.3 Å². The molecular formula is C16H22N2O. The summed E-state index contributed by atoms with van der Waals surface area (Å²) in [6, 6.07) is 3.36. The highest BCUT2D eigenvalue weighted by Crippen LogP contribution is 2.35. The lowest BCUT2D eigenvalue weighted by Gasteiger charge is -2.19. The number of ether oxygens (including phenoxy) is 1. The van der Waals surface area contributed by atoms with Gasteiger partial charge in [-0.3, -0.25) is 4.98 Å². The number of aromatic nitrogens is 1. The summed E-state index contributed by atoms with van der Waals surface area (Å²) in [5, 5.41) is 3.67. The second-order valence-corrected chi connectivity index (χ2v) is 5.94. The molecule has 0 amide bonds. The van der Waals surface area contributed by atoms with E-state index in [0.717, 1.165) is 23.3 Å². The Morgan fingerprint density at radius 3 is 2.95 bits per heavy atom. The van der Waals surface area contributed by atoms with Crippen LogP contribution in [0.2, 0.25) is 0 Å². The van der Waals surface area contributed by atoms with Crippen LogP contribution in [0.15, 0.2) is 24.5 Å². The number of piperidine rings is 1. The van der Waals surface area contributed by atoms with Crippen molar-refractivity contribution >= 4 is 6.08 Å². The van der Waals surface area contributed by atoms with E-state index >= 15 is 0 Å². The molecule has 3 heteroatoms. The molecule has 1 aliphatic heterocycles. The fourth-order valence-electron chi connectivity index (χ4n) is 3.19. The first-order valence-electron chi connectivity index (χ1n) is 7.26. The summed E-state index contributed by atoms with van der Waals surface area (Å²) in [6.07, 6.45) is 12.4. The molecule has 102 valence electrons. The van der Waals surface area contributed by atoms with E-state index in [4.69, 9.17) is 4.74 Å². The number of hydrogen-bond acceptors (Lipinski definition) is 3. The van der Waals surface area contributed by atoms with Crippen molar-refractivity contribution in [1.82, 2.24) is 10.3 Å². The summed E-state index contributed by atoms with van der Waals surface area (Å²) in [7, 11) is 0. The van der Waals surface area contributed by atoms with Crippen molar-refractivity contribution in [3.05, 3.63) is 30.1 Å². The van der Waals surface area contributed by atoms with Gasteiger partial charge in [-0.1, -0.05) is 12.2 Å². The molecule has 0 radical (unpaired) electrons. The number of hydrogen-bond donors (Lipinski definition) is 1. The predicted molar refractivity (Wildman–Crippen MR) is 77.1 cm³/mol. The maximum absolute atomic E-state index is 5.66. The molecule has 1 aliphatic carbocycles. The Balaban J connectivity index is 1.66. The second kappa shape index (κ2) is 5.33. The van der Waals surface area contributed by atoms with Crippen LogP contribution >= 0.6 is 0 Å². The number of pyridine rings is 1. The fourth-order valence-corrected chi connectivity index (χ4v) is 3.19. The van der Waals surface area contributed by atoms with Crippen molar-refractivity contribution in [3.63, 3.8) is 0 Å². The highest BCUT2D eigenvalue weighted by molar-refractivity contribution is 5.51. The molecule has 2 aliphatic rings. The molecule has 0 aromatic carbocycles. The van der Waals surface area contributed by atoms with Gasteiger partial charge in [0.25, 0.3) is 0 Å². The molecule has 3 rings (SSSR count). The van der Waals surface area contributed by atoms with Crippen LogP contribution in [0.3, 0.4) is 0 Å². The van der Waals surface area contributed by atoms with Crippen LogP contribution in [0, 0.1) is 5.92 Å². The summed E-state index contributed by atoms with van der Waals surface area (Å²) >= 11 is 0. The van der Waals surface area contributed by atoms with E-state index in [9.17, 15) is 0 Å². The van der Waals surface area contributed by atoms with Crippen molar-refractivity contribution in [3.8, 4) is 5.75 Å². The highest BCUT2D eigenvalue weighted by Gasteiger charge is 2.37. The second-order valence-electron chi connectivity index (χ2n) is 5.94. The Kier molecular flexibility index (Phi) is 3.56. The van der Waals surface area contributed by atoms with Crippen LogP contribution in [0.25, 0.3) is 6.08 Å². The zero-order valence-corrected chi connectivity index (χ0v) is 11.7. The van der Waals surface area contributed by atoms with Crippen LogP contribution in [0.4, 0.5) is 0 Å². The van der Waals surface area contributed by atoms with Crippen molar-refractivity contribution in [2.75, 3.05) is 0 Å². The first-order valence-corrected chi connectivity index (χ1v) is 7.26.